The number of hydrogen-bond donors (Lipinski definition) is 4. The topological polar surface area (TPSA) is 100 Å². The summed E-state index contributed by atoms with van der Waals surface area (Å²) in [5, 5.41) is 6.27. The van der Waals surface area contributed by atoms with Gasteiger partial charge in [0.1, 0.15) is 5.69 Å². The predicted octanol–water partition coefficient (Wildman–Crippen LogP) is -0.0161. The summed E-state index contributed by atoms with van der Waals surface area (Å²) in [4.78, 5) is 25.7. The number of rotatable bonds is 3. The lowest BCUT2D eigenvalue weighted by atomic mass is 10.00. The minimum atomic E-state index is -0.544. The third-order valence-electron chi connectivity index (χ3n) is 3.29. The third kappa shape index (κ3) is 2.70. The van der Waals surface area contributed by atoms with Crippen LogP contribution in [0.15, 0.2) is 12.3 Å². The van der Waals surface area contributed by atoms with E-state index in [4.69, 9.17) is 5.73 Å². The zero-order valence-electron chi connectivity index (χ0n) is 10.3. The first kappa shape index (κ1) is 12.6. The molecule has 0 aromatic carbocycles. The summed E-state index contributed by atoms with van der Waals surface area (Å²) < 4.78 is 0. The van der Waals surface area contributed by atoms with Gasteiger partial charge in [0.05, 0.1) is 5.56 Å². The van der Waals surface area contributed by atoms with E-state index in [0.29, 0.717) is 11.3 Å². The van der Waals surface area contributed by atoms with E-state index < -0.39 is 5.91 Å². The number of carbonyl (C=O) groups is 2. The number of hydrogen-bond acceptors (Lipinski definition) is 3. The molecule has 2 atom stereocenters. The van der Waals surface area contributed by atoms with Crippen LogP contribution in [0.1, 0.15) is 40.6 Å². The Balaban J connectivity index is 2.00. The Bertz CT molecular complexity index is 455. The number of piperidine rings is 1. The molecular formula is C12H18N4O2. The van der Waals surface area contributed by atoms with E-state index in [0.717, 1.165) is 19.4 Å². The molecule has 6 nitrogen and oxygen atoms in total. The van der Waals surface area contributed by atoms with Crippen molar-refractivity contribution in [1.29, 1.82) is 0 Å². The van der Waals surface area contributed by atoms with Gasteiger partial charge in [-0.05, 0) is 32.4 Å². The number of primary amides is 1. The van der Waals surface area contributed by atoms with Gasteiger partial charge in [-0.1, -0.05) is 0 Å². The first-order chi connectivity index (χ1) is 8.58. The van der Waals surface area contributed by atoms with Crippen LogP contribution in [-0.4, -0.2) is 35.4 Å². The Kier molecular flexibility index (Phi) is 3.66. The van der Waals surface area contributed by atoms with Crippen molar-refractivity contribution in [2.75, 3.05) is 6.54 Å². The van der Waals surface area contributed by atoms with E-state index >= 15 is 0 Å². The van der Waals surface area contributed by atoms with Crippen LogP contribution in [-0.2, 0) is 0 Å². The number of amides is 2. The quantitative estimate of drug-likeness (QED) is 0.606. The fourth-order valence-electron chi connectivity index (χ4n) is 2.15. The maximum atomic E-state index is 12.0. The summed E-state index contributed by atoms with van der Waals surface area (Å²) in [6, 6.07) is 1.85. The molecule has 2 rings (SSSR count). The summed E-state index contributed by atoms with van der Waals surface area (Å²) in [6.07, 6.45) is 3.45. The van der Waals surface area contributed by atoms with Crippen molar-refractivity contribution in [3.8, 4) is 0 Å². The lowest BCUT2D eigenvalue weighted by Crippen LogP contribution is -2.51. The van der Waals surface area contributed by atoms with Crippen molar-refractivity contribution >= 4 is 11.8 Å². The number of carbonyl (C=O) groups excluding carboxylic acids is 2. The smallest absolute Gasteiger partial charge is 0.267 e. The first-order valence-electron chi connectivity index (χ1n) is 6.10. The third-order valence-corrected chi connectivity index (χ3v) is 3.29. The second kappa shape index (κ2) is 5.22. The van der Waals surface area contributed by atoms with E-state index in [1.807, 2.05) is 6.92 Å². The van der Waals surface area contributed by atoms with Crippen LogP contribution in [0.5, 0.6) is 0 Å². The van der Waals surface area contributed by atoms with Gasteiger partial charge in [-0.25, -0.2) is 0 Å². The molecule has 1 aromatic rings. The average molecular weight is 250 g/mol. The second-order valence-corrected chi connectivity index (χ2v) is 4.63. The summed E-state index contributed by atoms with van der Waals surface area (Å²) in [7, 11) is 0. The number of H-pyrrole nitrogens is 1. The minimum absolute atomic E-state index is 0.117. The standard InChI is InChI=1S/C12H18N4O2/c1-7-9(3-2-4-14-7)16-12(18)10-5-8(6-15-10)11(13)17/h5-7,9,14-15H,2-4H2,1H3,(H2,13,17)(H,16,18). The lowest BCUT2D eigenvalue weighted by molar-refractivity contribution is 0.0915. The van der Waals surface area contributed by atoms with E-state index in [1.54, 1.807) is 0 Å². The number of aromatic nitrogens is 1. The molecule has 0 aliphatic carbocycles. The van der Waals surface area contributed by atoms with Crippen molar-refractivity contribution in [3.05, 3.63) is 23.5 Å². The van der Waals surface area contributed by atoms with Gasteiger partial charge in [0.25, 0.3) is 5.91 Å². The Morgan fingerprint density at radius 2 is 2.28 bits per heavy atom. The van der Waals surface area contributed by atoms with Crippen LogP contribution >= 0.6 is 0 Å². The first-order valence-corrected chi connectivity index (χ1v) is 6.10. The molecule has 0 bridgehead atoms. The largest absolute Gasteiger partial charge is 0.366 e. The maximum Gasteiger partial charge on any atom is 0.267 e. The van der Waals surface area contributed by atoms with Crippen LogP contribution in [0, 0.1) is 0 Å². The highest BCUT2D eigenvalue weighted by atomic mass is 16.2. The molecule has 0 saturated carbocycles. The molecular weight excluding hydrogens is 232 g/mol. The molecule has 18 heavy (non-hydrogen) atoms. The molecule has 1 aliphatic heterocycles. The fourth-order valence-corrected chi connectivity index (χ4v) is 2.15. The summed E-state index contributed by atoms with van der Waals surface area (Å²) >= 11 is 0. The van der Waals surface area contributed by atoms with Crippen molar-refractivity contribution in [3.63, 3.8) is 0 Å². The highest BCUT2D eigenvalue weighted by Crippen LogP contribution is 2.10. The summed E-state index contributed by atoms with van der Waals surface area (Å²) in [6.45, 7) is 3.04. The molecule has 2 unspecified atom stereocenters. The van der Waals surface area contributed by atoms with Crippen LogP contribution < -0.4 is 16.4 Å². The van der Waals surface area contributed by atoms with Crippen molar-refractivity contribution < 1.29 is 9.59 Å². The summed E-state index contributed by atoms with van der Waals surface area (Å²) in [5.41, 5.74) is 5.81. The molecule has 1 saturated heterocycles. The highest BCUT2D eigenvalue weighted by Gasteiger charge is 2.23. The normalized spacial score (nSPS) is 23.6. The monoisotopic (exact) mass is 250 g/mol. The molecule has 1 aromatic heterocycles. The van der Waals surface area contributed by atoms with Gasteiger partial charge in [-0.2, -0.15) is 0 Å². The highest BCUT2D eigenvalue weighted by molar-refractivity contribution is 5.98. The second-order valence-electron chi connectivity index (χ2n) is 4.63. The van der Waals surface area contributed by atoms with Gasteiger partial charge in [-0.15, -0.1) is 0 Å². The van der Waals surface area contributed by atoms with E-state index in [9.17, 15) is 9.59 Å². The zero-order chi connectivity index (χ0) is 13.1. The predicted molar refractivity (Wildman–Crippen MR) is 67.3 cm³/mol. The summed E-state index contributed by atoms with van der Waals surface area (Å²) in [5.74, 6) is -0.749. The Morgan fingerprint density at radius 1 is 1.50 bits per heavy atom. The fraction of sp³-hybridized carbons (Fsp3) is 0.500. The van der Waals surface area contributed by atoms with Gasteiger partial charge in [0.2, 0.25) is 5.91 Å². The van der Waals surface area contributed by atoms with Gasteiger partial charge < -0.3 is 21.4 Å². The maximum absolute atomic E-state index is 12.0. The molecule has 0 spiro atoms. The molecule has 1 aliphatic rings. The van der Waals surface area contributed by atoms with Crippen molar-refractivity contribution in [2.24, 2.45) is 5.73 Å². The van der Waals surface area contributed by atoms with Crippen molar-refractivity contribution in [2.45, 2.75) is 31.8 Å². The molecule has 0 radical (unpaired) electrons. The Hall–Kier alpha value is -1.82. The van der Waals surface area contributed by atoms with Crippen LogP contribution in [0.2, 0.25) is 0 Å². The van der Waals surface area contributed by atoms with E-state index in [2.05, 4.69) is 15.6 Å². The van der Waals surface area contributed by atoms with Crippen LogP contribution in [0.4, 0.5) is 0 Å². The number of aromatic amines is 1. The Labute approximate surface area is 105 Å². The van der Waals surface area contributed by atoms with Crippen LogP contribution in [0.25, 0.3) is 0 Å². The van der Waals surface area contributed by atoms with Gasteiger partial charge in [0.15, 0.2) is 0 Å². The number of nitrogens with one attached hydrogen (secondary N) is 3. The van der Waals surface area contributed by atoms with Crippen LogP contribution in [0.3, 0.4) is 0 Å². The molecule has 2 heterocycles. The zero-order valence-corrected chi connectivity index (χ0v) is 10.3. The Morgan fingerprint density at radius 3 is 2.89 bits per heavy atom. The molecule has 98 valence electrons. The van der Waals surface area contributed by atoms with Gasteiger partial charge >= 0.3 is 0 Å². The molecule has 1 fully saturated rings. The average Bonchev–Trinajstić information content (AvgIpc) is 2.81. The van der Waals surface area contributed by atoms with Crippen molar-refractivity contribution in [1.82, 2.24) is 15.6 Å². The van der Waals surface area contributed by atoms with E-state index in [-0.39, 0.29) is 18.0 Å². The van der Waals surface area contributed by atoms with E-state index in [1.165, 1.54) is 12.3 Å². The number of nitrogens with two attached hydrogens (primary N) is 1. The SMILES string of the molecule is CC1NCCCC1NC(=O)c1cc(C(N)=O)c[nH]1. The molecule has 6 heteroatoms. The minimum Gasteiger partial charge on any atom is -0.366 e. The molecule has 2 amide bonds. The lowest BCUT2D eigenvalue weighted by Gasteiger charge is -2.30. The van der Waals surface area contributed by atoms with Gasteiger partial charge in [-0.3, -0.25) is 9.59 Å². The van der Waals surface area contributed by atoms with Gasteiger partial charge in [0, 0.05) is 18.3 Å². The molecule has 5 N–H and O–H groups in total.